The Balaban J connectivity index is 2.74. The smallest absolute Gasteiger partial charge is 0.189 e. The van der Waals surface area contributed by atoms with Crippen LogP contribution < -0.4 is 4.74 Å². The molecule has 0 amide bonds. The van der Waals surface area contributed by atoms with Crippen LogP contribution in [-0.2, 0) is 9.47 Å². The van der Waals surface area contributed by atoms with Crippen molar-refractivity contribution in [2.75, 3.05) is 27.1 Å². The van der Waals surface area contributed by atoms with E-state index in [0.29, 0.717) is 13.2 Å². The molecule has 0 spiro atoms. The molecule has 1 rings (SSSR count). The Morgan fingerprint density at radius 2 is 2.11 bits per heavy atom. The minimum absolute atomic E-state index is 0.0536. The van der Waals surface area contributed by atoms with Gasteiger partial charge in [0.2, 0.25) is 0 Å². The largest absolute Gasteiger partial charge is 0.507 e. The Bertz CT molecular complexity index is 419. The van der Waals surface area contributed by atoms with Gasteiger partial charge in [0.25, 0.3) is 0 Å². The maximum absolute atomic E-state index is 11.4. The number of methoxy groups -OCH3 is 1. The number of ether oxygens (including phenoxy) is 3. The summed E-state index contributed by atoms with van der Waals surface area (Å²) in [5, 5.41) is 9.85. The number of benzene rings is 1. The van der Waals surface area contributed by atoms with Crippen LogP contribution in [0.2, 0.25) is 5.02 Å². The van der Waals surface area contributed by atoms with Crippen LogP contribution >= 0.6 is 11.6 Å². The maximum Gasteiger partial charge on any atom is 0.189 e. The van der Waals surface area contributed by atoms with Gasteiger partial charge in [0.15, 0.2) is 18.3 Å². The van der Waals surface area contributed by atoms with Gasteiger partial charge < -0.3 is 19.3 Å². The van der Waals surface area contributed by atoms with Crippen molar-refractivity contribution in [2.45, 2.75) is 6.92 Å². The minimum Gasteiger partial charge on any atom is -0.507 e. The van der Waals surface area contributed by atoms with Crippen molar-refractivity contribution >= 4 is 17.4 Å². The summed E-state index contributed by atoms with van der Waals surface area (Å²) in [5.41, 5.74) is 0.0536. The number of aromatic hydroxyl groups is 1. The molecular formula is C12H15ClO5. The van der Waals surface area contributed by atoms with Crippen LogP contribution in [0, 0.1) is 0 Å². The Hall–Kier alpha value is -1.30. The highest BCUT2D eigenvalue weighted by atomic mass is 35.5. The van der Waals surface area contributed by atoms with E-state index in [1.165, 1.54) is 19.1 Å². The molecule has 1 aromatic rings. The summed E-state index contributed by atoms with van der Waals surface area (Å²) in [6.07, 6.45) is 0. The quantitative estimate of drug-likeness (QED) is 0.469. The molecule has 6 heteroatoms. The van der Waals surface area contributed by atoms with E-state index in [1.54, 1.807) is 7.11 Å². The zero-order valence-corrected chi connectivity index (χ0v) is 11.0. The molecular weight excluding hydrogens is 260 g/mol. The van der Waals surface area contributed by atoms with Gasteiger partial charge in [0, 0.05) is 7.11 Å². The monoisotopic (exact) mass is 274 g/mol. The third-order valence-corrected chi connectivity index (χ3v) is 2.46. The Labute approximate surface area is 110 Å². The number of carbonyl (C=O) groups excluding carboxylic acids is 1. The highest BCUT2D eigenvalue weighted by Gasteiger charge is 2.17. The number of halogens is 1. The van der Waals surface area contributed by atoms with Crippen molar-refractivity contribution in [2.24, 2.45) is 0 Å². The molecule has 5 nitrogen and oxygen atoms in total. The zero-order chi connectivity index (χ0) is 13.5. The first-order valence-electron chi connectivity index (χ1n) is 5.29. The van der Waals surface area contributed by atoms with Gasteiger partial charge >= 0.3 is 0 Å². The second-order valence-corrected chi connectivity index (χ2v) is 3.90. The summed E-state index contributed by atoms with van der Waals surface area (Å²) >= 11 is 5.92. The topological polar surface area (TPSA) is 65.0 Å². The number of hydrogen-bond acceptors (Lipinski definition) is 5. The normalized spacial score (nSPS) is 10.4. The van der Waals surface area contributed by atoms with Crippen molar-refractivity contribution in [3.63, 3.8) is 0 Å². The summed E-state index contributed by atoms with van der Waals surface area (Å²) in [6.45, 7) is 2.05. The van der Waals surface area contributed by atoms with Gasteiger partial charge in [-0.1, -0.05) is 11.6 Å². The van der Waals surface area contributed by atoms with Gasteiger partial charge in [-0.3, -0.25) is 4.79 Å². The van der Waals surface area contributed by atoms with Crippen LogP contribution in [0.5, 0.6) is 11.5 Å². The standard InChI is InChI=1S/C12H15ClO5/c1-8(14)11-10(15)4-3-9(13)12(11)18-7-17-6-5-16-2/h3-4,15H,5-7H2,1-2H3. The van der Waals surface area contributed by atoms with Crippen molar-refractivity contribution in [1.29, 1.82) is 0 Å². The Kier molecular flexibility index (Phi) is 5.91. The second-order valence-electron chi connectivity index (χ2n) is 3.49. The van der Waals surface area contributed by atoms with Gasteiger partial charge in [0.05, 0.1) is 18.2 Å². The lowest BCUT2D eigenvalue weighted by Crippen LogP contribution is -2.10. The predicted molar refractivity (Wildman–Crippen MR) is 66.4 cm³/mol. The van der Waals surface area contributed by atoms with E-state index in [9.17, 15) is 9.90 Å². The Morgan fingerprint density at radius 3 is 2.72 bits per heavy atom. The van der Waals surface area contributed by atoms with Gasteiger partial charge in [-0.2, -0.15) is 0 Å². The molecule has 0 fully saturated rings. The number of Topliss-reactive ketones (excluding diaryl/α,β-unsaturated/α-hetero) is 1. The fraction of sp³-hybridized carbons (Fsp3) is 0.417. The Morgan fingerprint density at radius 1 is 1.39 bits per heavy atom. The number of rotatable bonds is 7. The van der Waals surface area contributed by atoms with Crippen molar-refractivity contribution in [3.05, 3.63) is 22.7 Å². The van der Waals surface area contributed by atoms with Crippen LogP contribution in [0.1, 0.15) is 17.3 Å². The molecule has 0 bridgehead atoms. The molecule has 0 aliphatic heterocycles. The fourth-order valence-electron chi connectivity index (χ4n) is 1.33. The number of phenolic OH excluding ortho intramolecular Hbond substituents is 1. The molecule has 0 heterocycles. The molecule has 1 N–H and O–H groups in total. The van der Waals surface area contributed by atoms with E-state index in [4.69, 9.17) is 25.8 Å². The maximum atomic E-state index is 11.4. The second kappa shape index (κ2) is 7.20. The third kappa shape index (κ3) is 3.87. The summed E-state index contributed by atoms with van der Waals surface area (Å²) < 4.78 is 15.2. The molecule has 0 aromatic heterocycles. The number of carbonyl (C=O) groups is 1. The molecule has 0 unspecified atom stereocenters. The summed E-state index contributed by atoms with van der Waals surface area (Å²) in [6, 6.07) is 2.80. The molecule has 0 saturated carbocycles. The first-order chi connectivity index (χ1) is 8.57. The van der Waals surface area contributed by atoms with Crippen molar-refractivity contribution in [3.8, 4) is 11.5 Å². The molecule has 1 aromatic carbocycles. The van der Waals surface area contributed by atoms with Gasteiger partial charge in [-0.15, -0.1) is 0 Å². The number of hydrogen-bond donors (Lipinski definition) is 1. The average molecular weight is 275 g/mol. The zero-order valence-electron chi connectivity index (χ0n) is 10.2. The van der Waals surface area contributed by atoms with E-state index in [2.05, 4.69) is 0 Å². The molecule has 0 saturated heterocycles. The summed E-state index contributed by atoms with van der Waals surface area (Å²) in [7, 11) is 1.56. The van der Waals surface area contributed by atoms with Crippen LogP contribution in [-0.4, -0.2) is 38.0 Å². The lowest BCUT2D eigenvalue weighted by Gasteiger charge is -2.12. The molecule has 0 aliphatic carbocycles. The lowest BCUT2D eigenvalue weighted by molar-refractivity contribution is -0.00876. The average Bonchev–Trinajstić information content (AvgIpc) is 2.32. The van der Waals surface area contributed by atoms with Crippen molar-refractivity contribution < 1.29 is 24.1 Å². The predicted octanol–water partition coefficient (Wildman–Crippen LogP) is 2.25. The minimum atomic E-state index is -0.332. The first-order valence-corrected chi connectivity index (χ1v) is 5.67. The highest BCUT2D eigenvalue weighted by molar-refractivity contribution is 6.32. The van der Waals surface area contributed by atoms with Gasteiger partial charge in [-0.25, -0.2) is 0 Å². The molecule has 100 valence electrons. The molecule has 18 heavy (non-hydrogen) atoms. The summed E-state index contributed by atoms with van der Waals surface area (Å²) in [5.74, 6) is -0.373. The SMILES string of the molecule is COCCOCOc1c(Cl)ccc(O)c1C(C)=O. The van der Waals surface area contributed by atoms with E-state index < -0.39 is 0 Å². The molecule has 0 radical (unpaired) electrons. The van der Waals surface area contributed by atoms with Crippen molar-refractivity contribution in [1.82, 2.24) is 0 Å². The molecule has 0 atom stereocenters. The van der Waals surface area contributed by atoms with Crippen LogP contribution in [0.15, 0.2) is 12.1 Å². The van der Waals surface area contributed by atoms with Gasteiger partial charge in [0.1, 0.15) is 11.3 Å². The van der Waals surface area contributed by atoms with E-state index >= 15 is 0 Å². The van der Waals surface area contributed by atoms with Crippen LogP contribution in [0.3, 0.4) is 0 Å². The highest BCUT2D eigenvalue weighted by Crippen LogP contribution is 2.35. The fourth-order valence-corrected chi connectivity index (χ4v) is 1.54. The van der Waals surface area contributed by atoms with Crippen LogP contribution in [0.25, 0.3) is 0 Å². The third-order valence-electron chi connectivity index (χ3n) is 2.16. The first kappa shape index (κ1) is 14.8. The number of ketones is 1. The van der Waals surface area contributed by atoms with E-state index in [-0.39, 0.29) is 34.7 Å². The van der Waals surface area contributed by atoms with E-state index in [1.807, 2.05) is 0 Å². The lowest BCUT2D eigenvalue weighted by atomic mass is 10.1. The summed E-state index contributed by atoms with van der Waals surface area (Å²) in [4.78, 5) is 11.4. The molecule has 0 aliphatic rings. The van der Waals surface area contributed by atoms with Crippen LogP contribution in [0.4, 0.5) is 0 Å². The number of phenols is 1. The van der Waals surface area contributed by atoms with Gasteiger partial charge in [-0.05, 0) is 19.1 Å². The van der Waals surface area contributed by atoms with E-state index in [0.717, 1.165) is 0 Å².